The Hall–Kier alpha value is -1.28. The average Bonchev–Trinajstić information content (AvgIpc) is 1.99. The SMILES string of the molecule is CN=C(NC#N)N(C)NC. The van der Waals surface area contributed by atoms with E-state index in [0.717, 1.165) is 0 Å². The van der Waals surface area contributed by atoms with E-state index in [9.17, 15) is 0 Å². The van der Waals surface area contributed by atoms with Gasteiger partial charge in [0, 0.05) is 21.1 Å². The molecule has 5 heteroatoms. The number of nitrogens with zero attached hydrogens (tertiary/aromatic N) is 3. The molecule has 0 aliphatic carbocycles. The molecule has 0 amide bonds. The van der Waals surface area contributed by atoms with Crippen molar-refractivity contribution < 1.29 is 0 Å². The zero-order valence-electron chi connectivity index (χ0n) is 6.34. The van der Waals surface area contributed by atoms with Gasteiger partial charge in [-0.2, -0.15) is 5.26 Å². The summed E-state index contributed by atoms with van der Waals surface area (Å²) in [5.41, 5.74) is 2.79. The van der Waals surface area contributed by atoms with E-state index in [1.807, 2.05) is 0 Å². The second-order valence-electron chi connectivity index (χ2n) is 1.57. The normalized spacial score (nSPS) is 10.4. The van der Waals surface area contributed by atoms with E-state index in [4.69, 9.17) is 5.26 Å². The lowest BCUT2D eigenvalue weighted by molar-refractivity contribution is 0.398. The van der Waals surface area contributed by atoms with Crippen molar-refractivity contribution in [3.05, 3.63) is 0 Å². The first-order valence-corrected chi connectivity index (χ1v) is 2.79. The van der Waals surface area contributed by atoms with Gasteiger partial charge < -0.3 is 0 Å². The van der Waals surface area contributed by atoms with Crippen LogP contribution in [0.15, 0.2) is 4.99 Å². The number of guanidine groups is 1. The minimum atomic E-state index is 0.491. The largest absolute Gasteiger partial charge is 0.281 e. The van der Waals surface area contributed by atoms with E-state index < -0.39 is 0 Å². The lowest BCUT2D eigenvalue weighted by atomic mass is 10.8. The van der Waals surface area contributed by atoms with Crippen LogP contribution in [0.5, 0.6) is 0 Å². The summed E-state index contributed by atoms with van der Waals surface area (Å²) in [4.78, 5) is 3.80. The predicted molar refractivity (Wildman–Crippen MR) is 38.9 cm³/mol. The molecule has 0 rings (SSSR count). The number of aliphatic imine (C=N–C) groups is 1. The maximum Gasteiger partial charge on any atom is 0.221 e. The van der Waals surface area contributed by atoms with Gasteiger partial charge in [-0.05, 0) is 0 Å². The molecule has 0 bridgehead atoms. The van der Waals surface area contributed by atoms with Crippen molar-refractivity contribution in [2.75, 3.05) is 21.1 Å². The summed E-state index contributed by atoms with van der Waals surface area (Å²) in [7, 11) is 5.10. The van der Waals surface area contributed by atoms with Crippen molar-refractivity contribution in [3.8, 4) is 6.19 Å². The highest BCUT2D eigenvalue weighted by Gasteiger charge is 1.99. The van der Waals surface area contributed by atoms with Gasteiger partial charge in [-0.3, -0.25) is 15.3 Å². The van der Waals surface area contributed by atoms with Crippen LogP contribution in [-0.4, -0.2) is 32.1 Å². The average molecular weight is 141 g/mol. The summed E-state index contributed by atoms with van der Waals surface area (Å²) in [5.74, 6) is 0.491. The van der Waals surface area contributed by atoms with Crippen LogP contribution in [0.1, 0.15) is 0 Å². The molecule has 0 aliphatic rings. The van der Waals surface area contributed by atoms with Crippen molar-refractivity contribution in [1.82, 2.24) is 15.8 Å². The molecule has 0 aliphatic heterocycles. The molecular weight excluding hydrogens is 130 g/mol. The second kappa shape index (κ2) is 4.58. The van der Waals surface area contributed by atoms with Gasteiger partial charge in [-0.25, -0.2) is 5.43 Å². The van der Waals surface area contributed by atoms with Crippen LogP contribution in [-0.2, 0) is 0 Å². The zero-order chi connectivity index (χ0) is 7.98. The van der Waals surface area contributed by atoms with E-state index >= 15 is 0 Å². The number of nitrogens with one attached hydrogen (secondary N) is 2. The summed E-state index contributed by atoms with van der Waals surface area (Å²) >= 11 is 0. The quantitative estimate of drug-likeness (QED) is 0.163. The van der Waals surface area contributed by atoms with Gasteiger partial charge in [-0.15, -0.1) is 0 Å². The number of rotatable bonds is 1. The molecule has 0 radical (unpaired) electrons. The minimum absolute atomic E-state index is 0.491. The van der Waals surface area contributed by atoms with Gasteiger partial charge in [-0.1, -0.05) is 0 Å². The fourth-order valence-electron chi connectivity index (χ4n) is 0.446. The highest BCUT2D eigenvalue weighted by molar-refractivity contribution is 5.80. The molecule has 10 heavy (non-hydrogen) atoms. The Morgan fingerprint density at radius 3 is 2.60 bits per heavy atom. The Morgan fingerprint density at radius 2 is 2.30 bits per heavy atom. The first-order valence-electron chi connectivity index (χ1n) is 2.79. The van der Waals surface area contributed by atoms with Crippen LogP contribution in [0, 0.1) is 11.5 Å². The van der Waals surface area contributed by atoms with Gasteiger partial charge in [0.25, 0.3) is 0 Å². The molecule has 5 nitrogen and oxygen atoms in total. The van der Waals surface area contributed by atoms with E-state index in [-0.39, 0.29) is 0 Å². The van der Waals surface area contributed by atoms with Crippen LogP contribution in [0.3, 0.4) is 0 Å². The van der Waals surface area contributed by atoms with Gasteiger partial charge in [0.05, 0.1) is 0 Å². The van der Waals surface area contributed by atoms with Crippen LogP contribution in [0.2, 0.25) is 0 Å². The monoisotopic (exact) mass is 141 g/mol. The van der Waals surface area contributed by atoms with E-state index in [1.165, 1.54) is 0 Å². The summed E-state index contributed by atoms with van der Waals surface area (Å²) in [6, 6.07) is 0. The summed E-state index contributed by atoms with van der Waals surface area (Å²) in [5, 5.41) is 12.2. The molecule has 0 aromatic carbocycles. The molecule has 0 fully saturated rings. The zero-order valence-corrected chi connectivity index (χ0v) is 6.34. The maximum atomic E-state index is 8.22. The molecule has 56 valence electrons. The highest BCUT2D eigenvalue weighted by Crippen LogP contribution is 1.74. The van der Waals surface area contributed by atoms with Crippen molar-refractivity contribution in [1.29, 1.82) is 5.26 Å². The van der Waals surface area contributed by atoms with E-state index in [0.29, 0.717) is 5.96 Å². The van der Waals surface area contributed by atoms with E-state index in [1.54, 1.807) is 32.3 Å². The highest BCUT2D eigenvalue weighted by atomic mass is 15.5. The summed E-state index contributed by atoms with van der Waals surface area (Å²) in [6.07, 6.45) is 1.77. The molecule has 0 aromatic heterocycles. The van der Waals surface area contributed by atoms with Crippen molar-refractivity contribution in [2.24, 2.45) is 4.99 Å². The number of nitriles is 1. The van der Waals surface area contributed by atoms with Crippen molar-refractivity contribution >= 4 is 5.96 Å². The third-order valence-electron chi connectivity index (χ3n) is 1.03. The van der Waals surface area contributed by atoms with Crippen LogP contribution in [0.4, 0.5) is 0 Å². The smallest absolute Gasteiger partial charge is 0.221 e. The van der Waals surface area contributed by atoms with Crippen LogP contribution >= 0.6 is 0 Å². The molecule has 0 saturated carbocycles. The molecule has 0 spiro atoms. The van der Waals surface area contributed by atoms with Crippen LogP contribution in [0.25, 0.3) is 0 Å². The number of hydrazine groups is 1. The Balaban J connectivity index is 3.98. The van der Waals surface area contributed by atoms with Gasteiger partial charge in [0.2, 0.25) is 5.96 Å². The third-order valence-corrected chi connectivity index (χ3v) is 1.03. The topological polar surface area (TPSA) is 63.5 Å². The molecular formula is C5H11N5. The van der Waals surface area contributed by atoms with Crippen LogP contribution < -0.4 is 10.7 Å². The molecule has 0 atom stereocenters. The maximum absolute atomic E-state index is 8.22. The third kappa shape index (κ3) is 2.33. The Morgan fingerprint density at radius 1 is 1.70 bits per heavy atom. The molecule has 0 heterocycles. The first kappa shape index (κ1) is 8.72. The molecule has 0 unspecified atom stereocenters. The Bertz CT molecular complexity index is 156. The Kier molecular flexibility index (Phi) is 4.00. The first-order chi connectivity index (χ1) is 4.76. The van der Waals surface area contributed by atoms with E-state index in [2.05, 4.69) is 15.7 Å². The summed E-state index contributed by atoms with van der Waals surface area (Å²) < 4.78 is 0. The second-order valence-corrected chi connectivity index (χ2v) is 1.57. The minimum Gasteiger partial charge on any atom is -0.281 e. The number of hydrogen-bond acceptors (Lipinski definition) is 3. The standard InChI is InChI=1S/C5H11N5/c1-7-5(9-4-6)10(3)8-2/h8H,1-3H3,(H,7,9). The lowest BCUT2D eigenvalue weighted by Crippen LogP contribution is -2.43. The fourth-order valence-corrected chi connectivity index (χ4v) is 0.446. The van der Waals surface area contributed by atoms with Gasteiger partial charge in [0.1, 0.15) is 0 Å². The number of hydrogen-bond donors (Lipinski definition) is 2. The van der Waals surface area contributed by atoms with Gasteiger partial charge >= 0.3 is 0 Å². The molecule has 2 N–H and O–H groups in total. The van der Waals surface area contributed by atoms with Crippen molar-refractivity contribution in [2.45, 2.75) is 0 Å². The fraction of sp³-hybridized carbons (Fsp3) is 0.600. The van der Waals surface area contributed by atoms with Gasteiger partial charge in [0.15, 0.2) is 6.19 Å². The Labute approximate surface area is 60.3 Å². The van der Waals surface area contributed by atoms with Crippen molar-refractivity contribution in [3.63, 3.8) is 0 Å². The lowest BCUT2D eigenvalue weighted by Gasteiger charge is -2.16. The predicted octanol–water partition coefficient (Wildman–Crippen LogP) is -0.891. The summed E-state index contributed by atoms with van der Waals surface area (Å²) in [6.45, 7) is 0. The molecule has 0 aromatic rings. The molecule has 0 saturated heterocycles.